The maximum atomic E-state index is 12.5. The second-order valence-corrected chi connectivity index (χ2v) is 3.86. The Morgan fingerprint density at radius 3 is 2.40 bits per heavy atom. The van der Waals surface area contributed by atoms with Crippen molar-refractivity contribution in [1.29, 1.82) is 0 Å². The summed E-state index contributed by atoms with van der Waals surface area (Å²) >= 11 is 0. The predicted molar refractivity (Wildman–Crippen MR) is 47.1 cm³/mol. The van der Waals surface area contributed by atoms with Crippen molar-refractivity contribution < 1.29 is 22.3 Å². The van der Waals surface area contributed by atoms with E-state index in [-0.39, 0.29) is 6.04 Å². The van der Waals surface area contributed by atoms with Crippen LogP contribution in [0, 0.1) is 0 Å². The number of nitrogens with two attached hydrogens (primary N) is 1. The smallest absolute Gasteiger partial charge is 0.330 e. The van der Waals surface area contributed by atoms with Gasteiger partial charge in [0.2, 0.25) is 0 Å². The predicted octanol–water partition coefficient (Wildman–Crippen LogP) is 2.17. The maximum absolute atomic E-state index is 12.5. The van der Waals surface area contributed by atoms with Gasteiger partial charge >= 0.3 is 12.3 Å². The highest BCUT2D eigenvalue weighted by Gasteiger charge is 2.42. The minimum atomic E-state index is -4.07. The average Bonchev–Trinajstić information content (AvgIpc) is 2.16. The average molecular weight is 229 g/mol. The van der Waals surface area contributed by atoms with Crippen LogP contribution < -0.4 is 5.73 Å². The Labute approximate surface area is 85.8 Å². The molecule has 0 aromatic carbocycles. The molecule has 2 unspecified atom stereocenters. The SMILES string of the molecule is NC1CCCCC1OCC(F)(F)C(F)F. The molecule has 0 aromatic rings. The maximum Gasteiger partial charge on any atom is 0.330 e. The van der Waals surface area contributed by atoms with Gasteiger partial charge in [0.1, 0.15) is 6.61 Å². The zero-order chi connectivity index (χ0) is 11.5. The summed E-state index contributed by atoms with van der Waals surface area (Å²) < 4.78 is 53.4. The molecule has 0 heterocycles. The quantitative estimate of drug-likeness (QED) is 0.750. The van der Waals surface area contributed by atoms with E-state index in [1.807, 2.05) is 0 Å². The molecule has 0 bridgehead atoms. The van der Waals surface area contributed by atoms with Crippen molar-refractivity contribution >= 4 is 0 Å². The molecule has 0 amide bonds. The first-order valence-electron chi connectivity index (χ1n) is 4.96. The number of rotatable bonds is 4. The van der Waals surface area contributed by atoms with Gasteiger partial charge in [0.15, 0.2) is 0 Å². The lowest BCUT2D eigenvalue weighted by Crippen LogP contribution is -2.43. The van der Waals surface area contributed by atoms with Crippen LogP contribution in [0.25, 0.3) is 0 Å². The molecule has 90 valence electrons. The lowest BCUT2D eigenvalue weighted by molar-refractivity contribution is -0.179. The first-order valence-corrected chi connectivity index (χ1v) is 4.96. The lowest BCUT2D eigenvalue weighted by Gasteiger charge is -2.29. The highest BCUT2D eigenvalue weighted by atomic mass is 19.3. The highest BCUT2D eigenvalue weighted by molar-refractivity contribution is 4.80. The molecule has 1 saturated carbocycles. The van der Waals surface area contributed by atoms with E-state index in [0.717, 1.165) is 12.8 Å². The monoisotopic (exact) mass is 229 g/mol. The van der Waals surface area contributed by atoms with Crippen LogP contribution in [0.1, 0.15) is 25.7 Å². The van der Waals surface area contributed by atoms with Gasteiger partial charge in [-0.3, -0.25) is 0 Å². The molecular formula is C9H15F4NO. The van der Waals surface area contributed by atoms with Gasteiger partial charge in [0, 0.05) is 6.04 Å². The van der Waals surface area contributed by atoms with E-state index in [2.05, 4.69) is 0 Å². The molecule has 1 fully saturated rings. The summed E-state index contributed by atoms with van der Waals surface area (Å²) in [5.74, 6) is -4.07. The lowest BCUT2D eigenvalue weighted by atomic mass is 9.93. The summed E-state index contributed by atoms with van der Waals surface area (Å²) in [6, 6.07) is -0.313. The first-order chi connectivity index (χ1) is 6.93. The molecule has 1 rings (SSSR count). The standard InChI is InChI=1S/C9H15F4NO/c10-8(11)9(12,13)5-15-7-4-2-1-3-6(7)14/h6-8H,1-5,14H2. The number of hydrogen-bond donors (Lipinski definition) is 1. The minimum absolute atomic E-state index is 0.313. The van der Waals surface area contributed by atoms with Crippen molar-refractivity contribution in [3.8, 4) is 0 Å². The Kier molecular flexibility index (Phi) is 4.33. The van der Waals surface area contributed by atoms with Crippen LogP contribution >= 0.6 is 0 Å². The van der Waals surface area contributed by atoms with Crippen molar-refractivity contribution in [2.24, 2.45) is 5.73 Å². The van der Waals surface area contributed by atoms with Crippen LogP contribution in [0.5, 0.6) is 0 Å². The Morgan fingerprint density at radius 2 is 1.87 bits per heavy atom. The van der Waals surface area contributed by atoms with Gasteiger partial charge in [0.25, 0.3) is 0 Å². The molecule has 15 heavy (non-hydrogen) atoms. The third kappa shape index (κ3) is 3.61. The van der Waals surface area contributed by atoms with Crippen LogP contribution in [0.2, 0.25) is 0 Å². The van der Waals surface area contributed by atoms with Crippen molar-refractivity contribution in [2.45, 2.75) is 50.2 Å². The van der Waals surface area contributed by atoms with Crippen LogP contribution in [0.4, 0.5) is 17.6 Å². The molecule has 0 radical (unpaired) electrons. The van der Waals surface area contributed by atoms with E-state index < -0.39 is 25.1 Å². The van der Waals surface area contributed by atoms with Gasteiger partial charge in [-0.15, -0.1) is 0 Å². The van der Waals surface area contributed by atoms with Crippen LogP contribution in [0.15, 0.2) is 0 Å². The third-order valence-electron chi connectivity index (χ3n) is 2.56. The molecular weight excluding hydrogens is 214 g/mol. The van der Waals surface area contributed by atoms with Crippen LogP contribution in [-0.2, 0) is 4.74 Å². The van der Waals surface area contributed by atoms with Gasteiger partial charge in [-0.25, -0.2) is 8.78 Å². The van der Waals surface area contributed by atoms with E-state index in [9.17, 15) is 17.6 Å². The summed E-state index contributed by atoms with van der Waals surface area (Å²) in [4.78, 5) is 0. The molecule has 0 aromatic heterocycles. The first kappa shape index (κ1) is 12.7. The van der Waals surface area contributed by atoms with Gasteiger partial charge in [0.05, 0.1) is 6.10 Å². The van der Waals surface area contributed by atoms with E-state index in [1.54, 1.807) is 0 Å². The molecule has 2 N–H and O–H groups in total. The Bertz CT molecular complexity index is 201. The van der Waals surface area contributed by atoms with E-state index in [4.69, 9.17) is 10.5 Å². The summed E-state index contributed by atoms with van der Waals surface area (Å²) in [6.07, 6.45) is -1.14. The Hall–Kier alpha value is -0.360. The summed E-state index contributed by atoms with van der Waals surface area (Å²) in [5.41, 5.74) is 5.63. The molecule has 1 aliphatic carbocycles. The molecule has 0 spiro atoms. The van der Waals surface area contributed by atoms with E-state index >= 15 is 0 Å². The number of ether oxygens (including phenoxy) is 1. The van der Waals surface area contributed by atoms with Crippen molar-refractivity contribution in [3.05, 3.63) is 0 Å². The topological polar surface area (TPSA) is 35.2 Å². The fourth-order valence-corrected chi connectivity index (χ4v) is 1.61. The van der Waals surface area contributed by atoms with Crippen molar-refractivity contribution in [3.63, 3.8) is 0 Å². The molecule has 0 aliphatic heterocycles. The fourth-order valence-electron chi connectivity index (χ4n) is 1.61. The number of hydrogen-bond acceptors (Lipinski definition) is 2. The number of alkyl halides is 4. The van der Waals surface area contributed by atoms with E-state index in [1.165, 1.54) is 0 Å². The van der Waals surface area contributed by atoms with Crippen LogP contribution in [0.3, 0.4) is 0 Å². The molecule has 6 heteroatoms. The summed E-state index contributed by atoms with van der Waals surface area (Å²) in [5, 5.41) is 0. The normalized spacial score (nSPS) is 28.4. The molecule has 2 atom stereocenters. The van der Waals surface area contributed by atoms with Crippen LogP contribution in [-0.4, -0.2) is 31.1 Å². The third-order valence-corrected chi connectivity index (χ3v) is 2.56. The Morgan fingerprint density at radius 1 is 1.27 bits per heavy atom. The van der Waals surface area contributed by atoms with Gasteiger partial charge in [-0.05, 0) is 12.8 Å². The summed E-state index contributed by atoms with van der Waals surface area (Å²) in [6.45, 7) is -1.25. The summed E-state index contributed by atoms with van der Waals surface area (Å²) in [7, 11) is 0. The van der Waals surface area contributed by atoms with Gasteiger partial charge in [-0.2, -0.15) is 8.78 Å². The fraction of sp³-hybridized carbons (Fsp3) is 1.00. The zero-order valence-electron chi connectivity index (χ0n) is 8.27. The van der Waals surface area contributed by atoms with Gasteiger partial charge < -0.3 is 10.5 Å². The second-order valence-electron chi connectivity index (χ2n) is 3.86. The molecule has 0 saturated heterocycles. The van der Waals surface area contributed by atoms with E-state index in [0.29, 0.717) is 12.8 Å². The zero-order valence-corrected chi connectivity index (χ0v) is 8.27. The molecule has 1 aliphatic rings. The molecule has 2 nitrogen and oxygen atoms in total. The highest BCUT2D eigenvalue weighted by Crippen LogP contribution is 2.26. The second kappa shape index (κ2) is 5.12. The van der Waals surface area contributed by atoms with Gasteiger partial charge in [-0.1, -0.05) is 12.8 Å². The van der Waals surface area contributed by atoms with Crippen molar-refractivity contribution in [1.82, 2.24) is 0 Å². The largest absolute Gasteiger partial charge is 0.370 e. The Balaban J connectivity index is 2.35. The minimum Gasteiger partial charge on any atom is -0.370 e. The number of halogens is 4. The van der Waals surface area contributed by atoms with Crippen molar-refractivity contribution in [2.75, 3.05) is 6.61 Å².